The minimum Gasteiger partial charge on any atom is -0.497 e. The molecule has 1 heterocycles. The van der Waals surface area contributed by atoms with Gasteiger partial charge in [-0.25, -0.2) is 4.79 Å². The third-order valence-electron chi connectivity index (χ3n) is 5.61. The first-order chi connectivity index (χ1) is 15.9. The van der Waals surface area contributed by atoms with Crippen molar-refractivity contribution in [2.24, 2.45) is 0 Å². The number of ketones is 1. The van der Waals surface area contributed by atoms with Crippen LogP contribution in [-0.2, 0) is 17.7 Å². The highest BCUT2D eigenvalue weighted by Gasteiger charge is 2.21. The number of esters is 1. The first-order valence-electron chi connectivity index (χ1n) is 10.6. The number of carbonyl (C=O) groups is 2. The van der Waals surface area contributed by atoms with Gasteiger partial charge in [-0.15, -0.1) is 0 Å². The van der Waals surface area contributed by atoms with Crippen molar-refractivity contribution in [3.8, 4) is 17.2 Å². The number of aryl methyl sites for hydroxylation is 2. The highest BCUT2D eigenvalue weighted by molar-refractivity contribution is 6.01. The fourth-order valence-corrected chi connectivity index (χ4v) is 3.80. The normalized spacial score (nSPS) is 10.6. The molecule has 0 N–H and O–H groups in total. The maximum absolute atomic E-state index is 12.8. The average Bonchev–Trinajstić information content (AvgIpc) is 3.13. The van der Waals surface area contributed by atoms with Crippen LogP contribution in [0.5, 0.6) is 17.2 Å². The number of para-hydroxylation sites is 1. The fraction of sp³-hybridized carbons (Fsp3) is 0.308. The summed E-state index contributed by atoms with van der Waals surface area (Å²) in [6.45, 7) is 4.24. The van der Waals surface area contributed by atoms with Crippen LogP contribution in [-0.4, -0.2) is 44.3 Å². The molecule has 33 heavy (non-hydrogen) atoms. The van der Waals surface area contributed by atoms with Crippen molar-refractivity contribution >= 4 is 11.8 Å². The zero-order valence-corrected chi connectivity index (χ0v) is 19.6. The number of ether oxygens (including phenoxy) is 4. The summed E-state index contributed by atoms with van der Waals surface area (Å²) in [4.78, 5) is 25.4. The Morgan fingerprint density at radius 2 is 1.61 bits per heavy atom. The van der Waals surface area contributed by atoms with Gasteiger partial charge in [-0.1, -0.05) is 18.2 Å². The maximum Gasteiger partial charge on any atom is 0.342 e. The van der Waals surface area contributed by atoms with Crippen LogP contribution in [0.2, 0.25) is 0 Å². The van der Waals surface area contributed by atoms with Crippen LogP contribution in [0.1, 0.15) is 37.7 Å². The van der Waals surface area contributed by atoms with Crippen LogP contribution < -0.4 is 14.2 Å². The first kappa shape index (κ1) is 23.9. The van der Waals surface area contributed by atoms with E-state index in [4.69, 9.17) is 18.9 Å². The number of benzene rings is 2. The van der Waals surface area contributed by atoms with E-state index in [1.54, 1.807) is 25.3 Å². The molecule has 2 aromatic carbocycles. The predicted octanol–water partition coefficient (Wildman–Crippen LogP) is 4.41. The van der Waals surface area contributed by atoms with Crippen molar-refractivity contribution in [1.82, 2.24) is 4.57 Å². The number of nitrogens with zero attached hydrogens (tertiary/aromatic N) is 1. The van der Waals surface area contributed by atoms with Gasteiger partial charge in [0.1, 0.15) is 11.3 Å². The zero-order valence-electron chi connectivity index (χ0n) is 19.6. The Morgan fingerprint density at radius 1 is 0.879 bits per heavy atom. The van der Waals surface area contributed by atoms with Crippen molar-refractivity contribution in [1.29, 1.82) is 0 Å². The summed E-state index contributed by atoms with van der Waals surface area (Å²) < 4.78 is 23.1. The molecule has 0 amide bonds. The number of rotatable bonds is 10. The molecule has 0 spiro atoms. The van der Waals surface area contributed by atoms with Gasteiger partial charge in [-0.05, 0) is 56.2 Å². The zero-order chi connectivity index (χ0) is 24.0. The Morgan fingerprint density at radius 3 is 2.24 bits per heavy atom. The average molecular weight is 452 g/mol. The molecule has 0 atom stereocenters. The molecule has 3 rings (SSSR count). The summed E-state index contributed by atoms with van der Waals surface area (Å²) in [7, 11) is 4.58. The molecular weight excluding hydrogens is 422 g/mol. The summed E-state index contributed by atoms with van der Waals surface area (Å²) in [6.07, 6.45) is 0.818. The van der Waals surface area contributed by atoms with Gasteiger partial charge in [0.15, 0.2) is 18.1 Å². The molecular formula is C26H29NO6. The molecule has 1 aromatic heterocycles. The summed E-state index contributed by atoms with van der Waals surface area (Å²) in [5.41, 5.74) is 3.76. The van der Waals surface area contributed by atoms with Crippen molar-refractivity contribution in [2.45, 2.75) is 26.8 Å². The highest BCUT2D eigenvalue weighted by Crippen LogP contribution is 2.31. The SMILES string of the molecule is COc1ccc(CCn2c(C)cc(C(=O)COC(=O)c3cccc(OC)c3OC)c2C)cc1. The molecule has 0 radical (unpaired) electrons. The van der Waals surface area contributed by atoms with Gasteiger partial charge in [0.05, 0.1) is 21.3 Å². The van der Waals surface area contributed by atoms with E-state index in [1.807, 2.05) is 44.2 Å². The monoisotopic (exact) mass is 451 g/mol. The van der Waals surface area contributed by atoms with Gasteiger partial charge >= 0.3 is 5.97 Å². The molecule has 0 aliphatic rings. The second-order valence-corrected chi connectivity index (χ2v) is 7.57. The molecule has 174 valence electrons. The molecule has 0 bridgehead atoms. The number of hydrogen-bond donors (Lipinski definition) is 0. The Hall–Kier alpha value is -3.74. The molecule has 7 nitrogen and oxygen atoms in total. The Kier molecular flexibility index (Phi) is 7.77. The van der Waals surface area contributed by atoms with Crippen LogP contribution >= 0.6 is 0 Å². The summed E-state index contributed by atoms with van der Waals surface area (Å²) in [5.74, 6) is 0.607. The molecule has 0 fully saturated rings. The summed E-state index contributed by atoms with van der Waals surface area (Å²) >= 11 is 0. The molecule has 0 saturated carbocycles. The smallest absolute Gasteiger partial charge is 0.342 e. The molecule has 0 aliphatic carbocycles. The molecule has 7 heteroatoms. The van der Waals surface area contributed by atoms with E-state index in [-0.39, 0.29) is 23.7 Å². The molecule has 0 saturated heterocycles. The van der Waals surface area contributed by atoms with Crippen LogP contribution in [0.15, 0.2) is 48.5 Å². The van der Waals surface area contributed by atoms with Crippen LogP contribution in [0, 0.1) is 13.8 Å². The van der Waals surface area contributed by atoms with Crippen LogP contribution in [0.25, 0.3) is 0 Å². The predicted molar refractivity (Wildman–Crippen MR) is 125 cm³/mol. The van der Waals surface area contributed by atoms with E-state index in [0.717, 1.165) is 30.1 Å². The van der Waals surface area contributed by atoms with Gasteiger partial charge in [-0.2, -0.15) is 0 Å². The summed E-state index contributed by atoms with van der Waals surface area (Å²) in [6, 6.07) is 14.7. The largest absolute Gasteiger partial charge is 0.497 e. The van der Waals surface area contributed by atoms with E-state index < -0.39 is 5.97 Å². The van der Waals surface area contributed by atoms with Gasteiger partial charge in [-0.3, -0.25) is 4.79 Å². The third kappa shape index (κ3) is 5.37. The number of carbonyl (C=O) groups excluding carboxylic acids is 2. The topological polar surface area (TPSA) is 76.0 Å². The second-order valence-electron chi connectivity index (χ2n) is 7.57. The van der Waals surface area contributed by atoms with E-state index >= 15 is 0 Å². The van der Waals surface area contributed by atoms with E-state index in [2.05, 4.69) is 4.57 Å². The third-order valence-corrected chi connectivity index (χ3v) is 5.61. The van der Waals surface area contributed by atoms with Crippen molar-refractivity contribution < 1.29 is 28.5 Å². The molecule has 3 aromatic rings. The lowest BCUT2D eigenvalue weighted by atomic mass is 10.1. The van der Waals surface area contributed by atoms with Crippen LogP contribution in [0.4, 0.5) is 0 Å². The van der Waals surface area contributed by atoms with Gasteiger partial charge in [0.2, 0.25) is 5.78 Å². The molecule has 0 unspecified atom stereocenters. The minimum atomic E-state index is -0.646. The van der Waals surface area contributed by atoms with E-state index in [9.17, 15) is 9.59 Å². The number of Topliss-reactive ketones (excluding diaryl/α,β-unsaturated/α-hetero) is 1. The number of aromatic nitrogens is 1. The Labute approximate surface area is 193 Å². The maximum atomic E-state index is 12.8. The van der Waals surface area contributed by atoms with Crippen LogP contribution in [0.3, 0.4) is 0 Å². The van der Waals surface area contributed by atoms with Gasteiger partial charge < -0.3 is 23.5 Å². The Bertz CT molecular complexity index is 1130. The number of methoxy groups -OCH3 is 3. The lowest BCUT2D eigenvalue weighted by Gasteiger charge is -2.12. The number of hydrogen-bond acceptors (Lipinski definition) is 6. The lowest BCUT2D eigenvalue weighted by molar-refractivity contribution is 0.0471. The van der Waals surface area contributed by atoms with Crippen molar-refractivity contribution in [3.05, 3.63) is 76.6 Å². The van der Waals surface area contributed by atoms with E-state index in [0.29, 0.717) is 11.3 Å². The molecule has 0 aliphatic heterocycles. The first-order valence-corrected chi connectivity index (χ1v) is 10.6. The highest BCUT2D eigenvalue weighted by atomic mass is 16.5. The lowest BCUT2D eigenvalue weighted by Crippen LogP contribution is -2.16. The summed E-state index contributed by atoms with van der Waals surface area (Å²) in [5, 5.41) is 0. The quantitative estimate of drug-likeness (QED) is 0.336. The van der Waals surface area contributed by atoms with Crippen molar-refractivity contribution in [2.75, 3.05) is 27.9 Å². The van der Waals surface area contributed by atoms with Gasteiger partial charge in [0.25, 0.3) is 0 Å². The van der Waals surface area contributed by atoms with Crippen molar-refractivity contribution in [3.63, 3.8) is 0 Å². The standard InChI is InChI=1S/C26H29NO6/c1-17-15-22(18(2)27(17)14-13-19-9-11-20(30-3)12-10-19)23(28)16-33-26(29)21-7-6-8-24(31-4)25(21)32-5/h6-12,15H,13-14,16H2,1-5H3. The second kappa shape index (κ2) is 10.7. The van der Waals surface area contributed by atoms with E-state index in [1.165, 1.54) is 19.8 Å². The van der Waals surface area contributed by atoms with Gasteiger partial charge in [0, 0.05) is 23.5 Å². The fourth-order valence-electron chi connectivity index (χ4n) is 3.80. The minimum absolute atomic E-state index is 0.203. The Balaban J connectivity index is 1.66.